The van der Waals surface area contributed by atoms with Crippen LogP contribution in [-0.4, -0.2) is 4.98 Å². The SMILES string of the molecule is CC1(C)c2ccccc2-c2ccc(N(c3cccc(-c4ccccc4)c3)c3ccc4c(ccc5ccc6nc(-c7ccccc7)oc6c54)c3)cc21. The van der Waals surface area contributed by atoms with Gasteiger partial charge in [-0.05, 0) is 104 Å². The zero-order chi connectivity index (χ0) is 34.1. The summed E-state index contributed by atoms with van der Waals surface area (Å²) in [4.78, 5) is 7.28. The highest BCUT2D eigenvalue weighted by Crippen LogP contribution is 2.51. The molecule has 0 atom stereocenters. The van der Waals surface area contributed by atoms with E-state index in [0.717, 1.165) is 55.3 Å². The van der Waals surface area contributed by atoms with Crippen LogP contribution in [0.3, 0.4) is 0 Å². The molecule has 8 aromatic carbocycles. The molecule has 1 aliphatic rings. The van der Waals surface area contributed by atoms with Crippen molar-refractivity contribution in [3.05, 3.63) is 181 Å². The van der Waals surface area contributed by atoms with Crippen LogP contribution in [0, 0.1) is 0 Å². The molecule has 0 spiro atoms. The van der Waals surface area contributed by atoms with Gasteiger partial charge in [0.1, 0.15) is 5.52 Å². The summed E-state index contributed by atoms with van der Waals surface area (Å²) in [6.45, 7) is 4.69. The van der Waals surface area contributed by atoms with Crippen molar-refractivity contribution in [2.45, 2.75) is 19.3 Å². The van der Waals surface area contributed by atoms with E-state index in [4.69, 9.17) is 9.40 Å². The molecule has 0 radical (unpaired) electrons. The lowest BCUT2D eigenvalue weighted by atomic mass is 9.82. The number of rotatable bonds is 5. The van der Waals surface area contributed by atoms with E-state index in [1.165, 1.54) is 33.4 Å². The number of nitrogens with zero attached hydrogens (tertiary/aromatic N) is 2. The van der Waals surface area contributed by atoms with Crippen molar-refractivity contribution in [1.82, 2.24) is 4.98 Å². The van der Waals surface area contributed by atoms with Crippen LogP contribution < -0.4 is 4.90 Å². The number of aromatic nitrogens is 1. The second-order valence-corrected chi connectivity index (χ2v) is 14.0. The van der Waals surface area contributed by atoms with Gasteiger partial charge in [0.25, 0.3) is 0 Å². The molecule has 0 fully saturated rings. The molecule has 1 heterocycles. The Kier molecular flexibility index (Phi) is 6.53. The molecule has 1 aliphatic carbocycles. The zero-order valence-electron chi connectivity index (χ0n) is 28.5. The first kappa shape index (κ1) is 29.5. The monoisotopic (exact) mass is 654 g/mol. The summed E-state index contributed by atoms with van der Waals surface area (Å²) in [5.41, 5.74) is 13.6. The van der Waals surface area contributed by atoms with Gasteiger partial charge in [-0.1, -0.05) is 129 Å². The first-order valence-corrected chi connectivity index (χ1v) is 17.5. The molecule has 3 heteroatoms. The van der Waals surface area contributed by atoms with Crippen molar-refractivity contribution in [3.63, 3.8) is 0 Å². The quantitative estimate of drug-likeness (QED) is 0.173. The van der Waals surface area contributed by atoms with Gasteiger partial charge in [0.05, 0.1) is 0 Å². The van der Waals surface area contributed by atoms with Crippen LogP contribution in [0.2, 0.25) is 0 Å². The minimum atomic E-state index is -0.108. The maximum absolute atomic E-state index is 6.51. The van der Waals surface area contributed by atoms with Gasteiger partial charge in [0.15, 0.2) is 5.58 Å². The van der Waals surface area contributed by atoms with E-state index >= 15 is 0 Å². The van der Waals surface area contributed by atoms with Gasteiger partial charge in [-0.25, -0.2) is 4.98 Å². The maximum Gasteiger partial charge on any atom is 0.227 e. The van der Waals surface area contributed by atoms with Gasteiger partial charge in [-0.15, -0.1) is 0 Å². The molecule has 3 nitrogen and oxygen atoms in total. The van der Waals surface area contributed by atoms with Crippen molar-refractivity contribution in [3.8, 4) is 33.7 Å². The van der Waals surface area contributed by atoms with E-state index in [1.807, 2.05) is 30.3 Å². The van der Waals surface area contributed by atoms with Crippen molar-refractivity contribution in [1.29, 1.82) is 0 Å². The molecule has 0 aliphatic heterocycles. The van der Waals surface area contributed by atoms with Crippen molar-refractivity contribution >= 4 is 49.7 Å². The van der Waals surface area contributed by atoms with Crippen molar-refractivity contribution in [2.75, 3.05) is 4.90 Å². The third kappa shape index (κ3) is 4.69. The van der Waals surface area contributed by atoms with Crippen LogP contribution in [0.15, 0.2) is 174 Å². The highest BCUT2D eigenvalue weighted by atomic mass is 16.3. The number of anilines is 3. The van der Waals surface area contributed by atoms with Gasteiger partial charge >= 0.3 is 0 Å². The van der Waals surface area contributed by atoms with Gasteiger partial charge < -0.3 is 9.32 Å². The normalized spacial score (nSPS) is 13.1. The van der Waals surface area contributed by atoms with Crippen LogP contribution in [0.1, 0.15) is 25.0 Å². The summed E-state index contributed by atoms with van der Waals surface area (Å²) in [6.07, 6.45) is 0. The Hall–Kier alpha value is -6.45. The lowest BCUT2D eigenvalue weighted by Crippen LogP contribution is -2.16. The molecule has 0 N–H and O–H groups in total. The topological polar surface area (TPSA) is 29.3 Å². The average Bonchev–Trinajstić information content (AvgIpc) is 3.72. The summed E-state index contributed by atoms with van der Waals surface area (Å²) in [7, 11) is 0. The smallest absolute Gasteiger partial charge is 0.227 e. The first-order chi connectivity index (χ1) is 25.0. The van der Waals surface area contributed by atoms with Crippen LogP contribution >= 0.6 is 0 Å². The lowest BCUT2D eigenvalue weighted by Gasteiger charge is -2.29. The van der Waals surface area contributed by atoms with E-state index < -0.39 is 0 Å². The fraction of sp³-hybridized carbons (Fsp3) is 0.0625. The number of hydrogen-bond acceptors (Lipinski definition) is 3. The lowest BCUT2D eigenvalue weighted by molar-refractivity contribution is 0.623. The Bertz CT molecular complexity index is 2780. The molecular formula is C48H34N2O. The third-order valence-corrected chi connectivity index (χ3v) is 10.7. The molecule has 0 saturated carbocycles. The minimum absolute atomic E-state index is 0.108. The summed E-state index contributed by atoms with van der Waals surface area (Å²) in [5.74, 6) is 0.637. The average molecular weight is 655 g/mol. The second kappa shape index (κ2) is 11.3. The van der Waals surface area contributed by atoms with Crippen molar-refractivity contribution in [2.24, 2.45) is 0 Å². The fourth-order valence-corrected chi connectivity index (χ4v) is 8.10. The minimum Gasteiger partial charge on any atom is -0.435 e. The van der Waals surface area contributed by atoms with E-state index in [9.17, 15) is 0 Å². The first-order valence-electron chi connectivity index (χ1n) is 17.5. The maximum atomic E-state index is 6.51. The van der Waals surface area contributed by atoms with E-state index in [1.54, 1.807) is 0 Å². The standard InChI is InChI=1S/C48H34N2O/c1-48(2)42-19-10-9-18-40(42)41-26-24-38(30-43(41)48)50(36-17-11-16-34(28-36)31-12-5-3-6-13-31)37-23-25-39-35(29-37)21-20-32-22-27-44-46(45(32)39)51-47(49-44)33-14-7-4-8-15-33/h3-30H,1-2H3. The molecule has 242 valence electrons. The Morgan fingerprint density at radius 2 is 1.14 bits per heavy atom. The molecular weight excluding hydrogens is 621 g/mol. The van der Waals surface area contributed by atoms with Gasteiger partial charge in [0.2, 0.25) is 5.89 Å². The molecule has 0 bridgehead atoms. The van der Waals surface area contributed by atoms with Crippen LogP contribution in [0.25, 0.3) is 66.4 Å². The Morgan fingerprint density at radius 3 is 1.98 bits per heavy atom. The zero-order valence-corrected chi connectivity index (χ0v) is 28.5. The molecule has 9 aromatic rings. The predicted octanol–water partition coefficient (Wildman–Crippen LogP) is 13.2. The predicted molar refractivity (Wildman–Crippen MR) is 212 cm³/mol. The van der Waals surface area contributed by atoms with Gasteiger partial charge in [0, 0.05) is 33.4 Å². The highest BCUT2D eigenvalue weighted by molar-refractivity contribution is 6.18. The summed E-state index contributed by atoms with van der Waals surface area (Å²) >= 11 is 0. The molecule has 1 aromatic heterocycles. The van der Waals surface area contributed by atoms with E-state index in [-0.39, 0.29) is 5.41 Å². The molecule has 51 heavy (non-hydrogen) atoms. The summed E-state index contributed by atoms with van der Waals surface area (Å²) < 4.78 is 6.51. The summed E-state index contributed by atoms with van der Waals surface area (Å²) in [5, 5.41) is 4.50. The Morgan fingerprint density at radius 1 is 0.490 bits per heavy atom. The Labute approximate surface area is 297 Å². The van der Waals surface area contributed by atoms with Gasteiger partial charge in [-0.3, -0.25) is 0 Å². The van der Waals surface area contributed by atoms with Crippen LogP contribution in [0.4, 0.5) is 17.1 Å². The number of fused-ring (bicyclic) bond motifs is 8. The number of hydrogen-bond donors (Lipinski definition) is 0. The largest absolute Gasteiger partial charge is 0.435 e. The number of benzene rings is 8. The highest BCUT2D eigenvalue weighted by Gasteiger charge is 2.35. The van der Waals surface area contributed by atoms with E-state index in [0.29, 0.717) is 5.89 Å². The van der Waals surface area contributed by atoms with Gasteiger partial charge in [-0.2, -0.15) is 0 Å². The molecule has 0 amide bonds. The molecule has 0 unspecified atom stereocenters. The molecule has 0 saturated heterocycles. The second-order valence-electron chi connectivity index (χ2n) is 14.0. The fourth-order valence-electron chi connectivity index (χ4n) is 8.10. The van der Waals surface area contributed by atoms with Crippen LogP contribution in [0.5, 0.6) is 0 Å². The third-order valence-electron chi connectivity index (χ3n) is 10.7. The van der Waals surface area contributed by atoms with Crippen molar-refractivity contribution < 1.29 is 4.42 Å². The molecule has 10 rings (SSSR count). The number of oxazole rings is 1. The van der Waals surface area contributed by atoms with Crippen LogP contribution in [-0.2, 0) is 5.41 Å². The Balaban J connectivity index is 1.16. The summed E-state index contributed by atoms with van der Waals surface area (Å²) in [6, 6.07) is 60.9. The van der Waals surface area contributed by atoms with E-state index in [2.05, 4.69) is 158 Å².